The van der Waals surface area contributed by atoms with E-state index in [9.17, 15) is 4.79 Å². The third-order valence-electron chi connectivity index (χ3n) is 5.61. The Morgan fingerprint density at radius 2 is 1.97 bits per heavy atom. The highest BCUT2D eigenvalue weighted by molar-refractivity contribution is 5.97. The third kappa shape index (κ3) is 5.06. The number of amides is 1. The fraction of sp³-hybridized carbons (Fsp3) is 0.591. The van der Waals surface area contributed by atoms with Crippen LogP contribution in [-0.2, 0) is 14.2 Å². The molecule has 4 heterocycles. The van der Waals surface area contributed by atoms with Gasteiger partial charge in [-0.25, -0.2) is 4.98 Å². The number of ether oxygens (including phenoxy) is 3. The number of hydrogen-bond acceptors (Lipinski definition) is 7. The van der Waals surface area contributed by atoms with Crippen molar-refractivity contribution < 1.29 is 19.0 Å². The molecule has 0 unspecified atom stereocenters. The highest BCUT2D eigenvalue weighted by Crippen LogP contribution is 2.27. The Kier molecular flexibility index (Phi) is 7.09. The van der Waals surface area contributed by atoms with E-state index in [1.54, 1.807) is 12.3 Å². The predicted molar refractivity (Wildman–Crippen MR) is 114 cm³/mol. The largest absolute Gasteiger partial charge is 0.379 e. The number of nitrogens with one attached hydrogen (secondary N) is 1. The van der Waals surface area contributed by atoms with Crippen molar-refractivity contribution in [3.05, 3.63) is 30.2 Å². The Labute approximate surface area is 176 Å². The highest BCUT2D eigenvalue weighted by Gasteiger charge is 2.23. The lowest BCUT2D eigenvalue weighted by Gasteiger charge is -2.33. The summed E-state index contributed by atoms with van der Waals surface area (Å²) >= 11 is 0. The Morgan fingerprint density at radius 1 is 1.17 bits per heavy atom. The van der Waals surface area contributed by atoms with Crippen molar-refractivity contribution in [2.24, 2.45) is 0 Å². The molecule has 162 valence electrons. The molecule has 0 aliphatic carbocycles. The summed E-state index contributed by atoms with van der Waals surface area (Å²) in [6.45, 7) is 6.96. The molecule has 2 aromatic rings. The molecule has 2 aliphatic heterocycles. The zero-order valence-electron chi connectivity index (χ0n) is 17.5. The van der Waals surface area contributed by atoms with E-state index < -0.39 is 0 Å². The van der Waals surface area contributed by atoms with Gasteiger partial charge in [0.15, 0.2) is 0 Å². The summed E-state index contributed by atoms with van der Waals surface area (Å²) in [6.07, 6.45) is 6.97. The maximum atomic E-state index is 12.2. The molecule has 8 heteroatoms. The standard InChI is InChI=1S/C22H30N4O4/c1-2-24-22(27)19-4-3-16-13-23-14-20(21(16)25-19)26-8-5-17(6-9-26)29-11-12-30-18-7-10-28-15-18/h3-4,13-14,17-18H,2,5-12,15H2,1H3,(H,24,27)/t18-/m1/s1. The number of pyridine rings is 2. The van der Waals surface area contributed by atoms with Crippen LogP contribution in [0.5, 0.6) is 0 Å². The van der Waals surface area contributed by atoms with Crippen LogP contribution in [0, 0.1) is 0 Å². The molecular formula is C22H30N4O4. The summed E-state index contributed by atoms with van der Waals surface area (Å²) in [6, 6.07) is 3.66. The van der Waals surface area contributed by atoms with Gasteiger partial charge in [-0.15, -0.1) is 0 Å². The fourth-order valence-electron chi connectivity index (χ4n) is 3.97. The molecular weight excluding hydrogens is 384 g/mol. The van der Waals surface area contributed by atoms with Crippen molar-refractivity contribution in [2.75, 3.05) is 51.0 Å². The number of carbonyl (C=O) groups is 1. The maximum absolute atomic E-state index is 12.2. The first-order valence-electron chi connectivity index (χ1n) is 10.8. The monoisotopic (exact) mass is 414 g/mol. The average molecular weight is 415 g/mol. The number of hydrogen-bond donors (Lipinski definition) is 1. The van der Waals surface area contributed by atoms with Crippen LogP contribution in [0.15, 0.2) is 24.5 Å². The Hall–Kier alpha value is -2.29. The summed E-state index contributed by atoms with van der Waals surface area (Å²) in [5.41, 5.74) is 2.23. The lowest BCUT2D eigenvalue weighted by molar-refractivity contribution is -0.0294. The van der Waals surface area contributed by atoms with E-state index in [0.717, 1.165) is 55.5 Å². The minimum absolute atomic E-state index is 0.152. The molecule has 0 radical (unpaired) electrons. The molecule has 1 N–H and O–H groups in total. The van der Waals surface area contributed by atoms with E-state index in [2.05, 4.69) is 20.2 Å². The van der Waals surface area contributed by atoms with Gasteiger partial charge in [-0.3, -0.25) is 9.78 Å². The van der Waals surface area contributed by atoms with Crippen LogP contribution in [0.25, 0.3) is 10.9 Å². The Bertz CT molecular complexity index is 848. The van der Waals surface area contributed by atoms with E-state index in [1.165, 1.54) is 0 Å². The van der Waals surface area contributed by atoms with Crippen LogP contribution in [-0.4, -0.2) is 74.1 Å². The van der Waals surface area contributed by atoms with Gasteiger partial charge in [-0.05, 0) is 38.3 Å². The average Bonchev–Trinajstić information content (AvgIpc) is 3.30. The third-order valence-corrected chi connectivity index (χ3v) is 5.61. The van der Waals surface area contributed by atoms with Crippen LogP contribution in [0.2, 0.25) is 0 Å². The van der Waals surface area contributed by atoms with Gasteiger partial charge >= 0.3 is 0 Å². The second-order valence-corrected chi connectivity index (χ2v) is 7.70. The molecule has 2 aromatic heterocycles. The number of nitrogens with zero attached hydrogens (tertiary/aromatic N) is 3. The molecule has 2 aliphatic rings. The van der Waals surface area contributed by atoms with Crippen LogP contribution in [0.1, 0.15) is 36.7 Å². The zero-order chi connectivity index (χ0) is 20.8. The molecule has 1 atom stereocenters. The molecule has 30 heavy (non-hydrogen) atoms. The Morgan fingerprint density at radius 3 is 2.70 bits per heavy atom. The number of carbonyl (C=O) groups excluding carboxylic acids is 1. The summed E-state index contributed by atoms with van der Waals surface area (Å²) in [4.78, 5) is 23.5. The number of fused-ring (bicyclic) bond motifs is 1. The summed E-state index contributed by atoms with van der Waals surface area (Å²) in [5.74, 6) is -0.152. The molecule has 1 amide bonds. The van der Waals surface area contributed by atoms with Gasteiger partial charge in [0.25, 0.3) is 5.91 Å². The second kappa shape index (κ2) is 10.1. The van der Waals surface area contributed by atoms with Crippen molar-refractivity contribution in [1.29, 1.82) is 0 Å². The molecule has 4 rings (SSSR count). The van der Waals surface area contributed by atoms with Crippen LogP contribution >= 0.6 is 0 Å². The lowest BCUT2D eigenvalue weighted by Crippen LogP contribution is -2.37. The van der Waals surface area contributed by atoms with Crippen LogP contribution in [0.4, 0.5) is 5.69 Å². The highest BCUT2D eigenvalue weighted by atomic mass is 16.6. The molecule has 8 nitrogen and oxygen atoms in total. The second-order valence-electron chi connectivity index (χ2n) is 7.70. The topological polar surface area (TPSA) is 85.8 Å². The molecule has 0 bridgehead atoms. The summed E-state index contributed by atoms with van der Waals surface area (Å²) in [7, 11) is 0. The van der Waals surface area contributed by atoms with E-state index in [0.29, 0.717) is 32.1 Å². The number of aromatic nitrogens is 2. The number of rotatable bonds is 8. The van der Waals surface area contributed by atoms with Gasteiger partial charge in [-0.2, -0.15) is 0 Å². The zero-order valence-corrected chi connectivity index (χ0v) is 17.5. The SMILES string of the molecule is CCNC(=O)c1ccc2cncc(N3CCC(OCCO[C@@H]4CCOC4)CC3)c2n1. The normalized spacial score (nSPS) is 20.0. The van der Waals surface area contributed by atoms with Gasteiger partial charge in [0, 0.05) is 37.8 Å². The molecule has 0 saturated carbocycles. The van der Waals surface area contributed by atoms with Crippen molar-refractivity contribution in [1.82, 2.24) is 15.3 Å². The smallest absolute Gasteiger partial charge is 0.269 e. The molecule has 2 saturated heterocycles. The van der Waals surface area contributed by atoms with E-state index >= 15 is 0 Å². The van der Waals surface area contributed by atoms with Crippen molar-refractivity contribution >= 4 is 22.5 Å². The van der Waals surface area contributed by atoms with Crippen molar-refractivity contribution in [2.45, 2.75) is 38.4 Å². The molecule has 0 spiro atoms. The first-order chi connectivity index (χ1) is 14.7. The fourth-order valence-corrected chi connectivity index (χ4v) is 3.97. The van der Waals surface area contributed by atoms with Crippen molar-refractivity contribution in [3.63, 3.8) is 0 Å². The van der Waals surface area contributed by atoms with Crippen LogP contribution in [0.3, 0.4) is 0 Å². The van der Waals surface area contributed by atoms with E-state index in [1.807, 2.05) is 19.2 Å². The number of piperidine rings is 1. The van der Waals surface area contributed by atoms with E-state index in [4.69, 9.17) is 14.2 Å². The predicted octanol–water partition coefficient (Wildman–Crippen LogP) is 2.17. The maximum Gasteiger partial charge on any atom is 0.269 e. The van der Waals surface area contributed by atoms with Gasteiger partial charge in [0.1, 0.15) is 5.69 Å². The first-order valence-corrected chi connectivity index (χ1v) is 10.8. The quantitative estimate of drug-likeness (QED) is 0.663. The van der Waals surface area contributed by atoms with Gasteiger partial charge < -0.3 is 24.4 Å². The minimum Gasteiger partial charge on any atom is -0.379 e. The van der Waals surface area contributed by atoms with Crippen LogP contribution < -0.4 is 10.2 Å². The Balaban J connectivity index is 1.33. The summed E-state index contributed by atoms with van der Waals surface area (Å²) in [5, 5.41) is 3.75. The van der Waals surface area contributed by atoms with Gasteiger partial charge in [0.2, 0.25) is 0 Å². The van der Waals surface area contributed by atoms with Gasteiger partial charge in [0.05, 0.1) is 49.4 Å². The lowest BCUT2D eigenvalue weighted by atomic mass is 10.1. The summed E-state index contributed by atoms with van der Waals surface area (Å²) < 4.78 is 17.1. The molecule has 0 aromatic carbocycles. The van der Waals surface area contributed by atoms with E-state index in [-0.39, 0.29) is 18.1 Å². The first kappa shape index (κ1) is 21.0. The number of anilines is 1. The van der Waals surface area contributed by atoms with Crippen molar-refractivity contribution in [3.8, 4) is 0 Å². The van der Waals surface area contributed by atoms with Gasteiger partial charge in [-0.1, -0.05) is 0 Å². The molecule has 2 fully saturated rings. The minimum atomic E-state index is -0.152.